The van der Waals surface area contributed by atoms with Crippen molar-refractivity contribution < 1.29 is 17.9 Å². The molecule has 8 heteroatoms. The van der Waals surface area contributed by atoms with Gasteiger partial charge in [-0.2, -0.15) is 0 Å². The molecule has 1 amide bonds. The predicted molar refractivity (Wildman–Crippen MR) is 101 cm³/mol. The molecule has 6 nitrogen and oxygen atoms in total. The lowest BCUT2D eigenvalue weighted by Crippen LogP contribution is -2.28. The molecule has 2 N–H and O–H groups in total. The zero-order valence-corrected chi connectivity index (χ0v) is 15.7. The van der Waals surface area contributed by atoms with Gasteiger partial charge >= 0.3 is 0 Å². The van der Waals surface area contributed by atoms with Crippen LogP contribution in [0.3, 0.4) is 0 Å². The van der Waals surface area contributed by atoms with Gasteiger partial charge in [-0.3, -0.25) is 9.52 Å². The van der Waals surface area contributed by atoms with E-state index in [1.54, 1.807) is 24.3 Å². The van der Waals surface area contributed by atoms with Gasteiger partial charge in [0.05, 0.1) is 28.4 Å². The normalized spacial score (nSPS) is 14.4. The van der Waals surface area contributed by atoms with Crippen LogP contribution in [-0.4, -0.2) is 21.4 Å². The molecule has 0 radical (unpaired) electrons. The van der Waals surface area contributed by atoms with Crippen LogP contribution < -0.4 is 14.8 Å². The Morgan fingerprint density at radius 1 is 1.15 bits per heavy atom. The fourth-order valence-electron chi connectivity index (χ4n) is 2.60. The number of anilines is 2. The Morgan fingerprint density at radius 3 is 2.50 bits per heavy atom. The van der Waals surface area contributed by atoms with Crippen molar-refractivity contribution in [2.75, 3.05) is 17.1 Å². The number of benzene rings is 2. The van der Waals surface area contributed by atoms with E-state index in [0.29, 0.717) is 16.5 Å². The molecule has 0 saturated heterocycles. The summed E-state index contributed by atoms with van der Waals surface area (Å²) in [6.45, 7) is 0. The summed E-state index contributed by atoms with van der Waals surface area (Å²) in [4.78, 5) is 12.2. The zero-order valence-electron chi connectivity index (χ0n) is 14.2. The number of carbonyl (C=O) groups is 1. The predicted octanol–water partition coefficient (Wildman–Crippen LogP) is 3.89. The number of halogens is 1. The Bertz CT molecular complexity index is 927. The molecular weight excluding hydrogens is 376 g/mol. The number of hydrogen-bond donors (Lipinski definition) is 2. The van der Waals surface area contributed by atoms with Gasteiger partial charge in [-0.1, -0.05) is 30.2 Å². The van der Waals surface area contributed by atoms with Gasteiger partial charge < -0.3 is 10.1 Å². The van der Waals surface area contributed by atoms with Crippen LogP contribution in [0.25, 0.3) is 0 Å². The highest BCUT2D eigenvalue weighted by Gasteiger charge is 2.26. The lowest BCUT2D eigenvalue weighted by molar-refractivity contribution is -0.122. The van der Waals surface area contributed by atoms with Crippen LogP contribution in [-0.2, 0) is 14.8 Å². The van der Waals surface area contributed by atoms with Gasteiger partial charge in [0, 0.05) is 5.92 Å². The maximum Gasteiger partial charge on any atom is 0.262 e. The summed E-state index contributed by atoms with van der Waals surface area (Å²) in [5.41, 5.74) is 0.608. The summed E-state index contributed by atoms with van der Waals surface area (Å²) in [7, 11) is -2.41. The third-order valence-electron chi connectivity index (χ3n) is 4.33. The monoisotopic (exact) mass is 394 g/mol. The molecule has 0 spiro atoms. The molecule has 0 unspecified atom stereocenters. The standard InChI is InChI=1S/C18H19ClN2O4S/c1-25-17-10-9-13(11-16(17)20-18(22)12-5-4-6-12)26(23,24)21-15-8-3-2-7-14(15)19/h2-3,7-12,21H,4-6H2,1H3,(H,20,22). The number of rotatable bonds is 6. The highest BCUT2D eigenvalue weighted by atomic mass is 35.5. The average Bonchev–Trinajstić information content (AvgIpc) is 2.55. The van der Waals surface area contributed by atoms with Crippen molar-refractivity contribution in [2.24, 2.45) is 5.92 Å². The second-order valence-corrected chi connectivity index (χ2v) is 8.15. The molecule has 0 aromatic heterocycles. The molecular formula is C18H19ClN2O4S. The number of para-hydroxylation sites is 1. The molecule has 1 aliphatic carbocycles. The minimum Gasteiger partial charge on any atom is -0.495 e. The van der Waals surface area contributed by atoms with Crippen LogP contribution in [0.15, 0.2) is 47.4 Å². The van der Waals surface area contributed by atoms with Gasteiger partial charge in [-0.25, -0.2) is 8.42 Å². The Balaban J connectivity index is 1.88. The average molecular weight is 395 g/mol. The van der Waals surface area contributed by atoms with Crippen LogP contribution in [0.4, 0.5) is 11.4 Å². The molecule has 0 bridgehead atoms. The largest absolute Gasteiger partial charge is 0.495 e. The minimum absolute atomic E-state index is 0.00197. The maximum absolute atomic E-state index is 12.7. The summed E-state index contributed by atoms with van der Waals surface area (Å²) >= 11 is 6.02. The molecule has 26 heavy (non-hydrogen) atoms. The Kier molecular flexibility index (Phi) is 5.38. The lowest BCUT2D eigenvalue weighted by Gasteiger charge is -2.24. The number of ether oxygens (including phenoxy) is 1. The lowest BCUT2D eigenvalue weighted by atomic mass is 9.85. The SMILES string of the molecule is COc1ccc(S(=O)(=O)Nc2ccccc2Cl)cc1NC(=O)C1CCC1. The van der Waals surface area contributed by atoms with E-state index in [4.69, 9.17) is 16.3 Å². The molecule has 0 aliphatic heterocycles. The first-order chi connectivity index (χ1) is 12.4. The summed E-state index contributed by atoms with van der Waals surface area (Å²) in [5.74, 6) is 0.249. The van der Waals surface area contributed by atoms with E-state index in [2.05, 4.69) is 10.0 Å². The van der Waals surface area contributed by atoms with Crippen molar-refractivity contribution >= 4 is 38.9 Å². The summed E-state index contributed by atoms with van der Waals surface area (Å²) in [5, 5.41) is 3.06. The van der Waals surface area contributed by atoms with E-state index >= 15 is 0 Å². The molecule has 0 atom stereocenters. The highest BCUT2D eigenvalue weighted by molar-refractivity contribution is 7.92. The van der Waals surface area contributed by atoms with E-state index in [1.165, 1.54) is 25.3 Å². The van der Waals surface area contributed by atoms with Crippen molar-refractivity contribution in [3.05, 3.63) is 47.5 Å². The Morgan fingerprint density at radius 2 is 1.88 bits per heavy atom. The molecule has 2 aromatic rings. The molecule has 1 fully saturated rings. The van der Waals surface area contributed by atoms with Crippen LogP contribution in [0.2, 0.25) is 5.02 Å². The minimum atomic E-state index is -3.87. The quantitative estimate of drug-likeness (QED) is 0.778. The number of nitrogens with one attached hydrogen (secondary N) is 2. The second kappa shape index (κ2) is 7.55. The molecule has 2 aromatic carbocycles. The third-order valence-corrected chi connectivity index (χ3v) is 6.03. The van der Waals surface area contributed by atoms with Crippen molar-refractivity contribution in [1.29, 1.82) is 0 Å². The third kappa shape index (κ3) is 3.94. The van der Waals surface area contributed by atoms with E-state index in [1.807, 2.05) is 0 Å². The number of sulfonamides is 1. The zero-order chi connectivity index (χ0) is 18.7. The van der Waals surface area contributed by atoms with E-state index in [0.717, 1.165) is 19.3 Å². The van der Waals surface area contributed by atoms with Gasteiger partial charge in [0.2, 0.25) is 5.91 Å². The highest BCUT2D eigenvalue weighted by Crippen LogP contribution is 2.32. The van der Waals surface area contributed by atoms with E-state index in [-0.39, 0.29) is 22.4 Å². The fraction of sp³-hybridized carbons (Fsp3) is 0.278. The topological polar surface area (TPSA) is 84.5 Å². The molecule has 1 aliphatic rings. The summed E-state index contributed by atoms with van der Waals surface area (Å²) < 4.78 is 33.0. The summed E-state index contributed by atoms with van der Waals surface area (Å²) in [6.07, 6.45) is 2.73. The van der Waals surface area contributed by atoms with Crippen LogP contribution in [0.1, 0.15) is 19.3 Å². The number of hydrogen-bond acceptors (Lipinski definition) is 4. The van der Waals surface area contributed by atoms with Gasteiger partial charge in [0.15, 0.2) is 0 Å². The number of carbonyl (C=O) groups excluding carboxylic acids is 1. The molecule has 0 heterocycles. The maximum atomic E-state index is 12.7. The van der Waals surface area contributed by atoms with E-state index in [9.17, 15) is 13.2 Å². The van der Waals surface area contributed by atoms with Gasteiger partial charge in [-0.05, 0) is 43.2 Å². The van der Waals surface area contributed by atoms with Crippen molar-refractivity contribution in [3.63, 3.8) is 0 Å². The van der Waals surface area contributed by atoms with Crippen molar-refractivity contribution in [3.8, 4) is 5.75 Å². The summed E-state index contributed by atoms with van der Waals surface area (Å²) in [6, 6.07) is 10.9. The Hall–Kier alpha value is -2.25. The first kappa shape index (κ1) is 18.5. The van der Waals surface area contributed by atoms with Gasteiger partial charge in [0.1, 0.15) is 5.75 Å². The van der Waals surface area contributed by atoms with Crippen LogP contribution in [0.5, 0.6) is 5.75 Å². The van der Waals surface area contributed by atoms with Crippen LogP contribution in [0, 0.1) is 5.92 Å². The molecule has 1 saturated carbocycles. The first-order valence-electron chi connectivity index (χ1n) is 8.17. The van der Waals surface area contributed by atoms with Gasteiger partial charge in [0.25, 0.3) is 10.0 Å². The smallest absolute Gasteiger partial charge is 0.262 e. The molecule has 3 rings (SSSR count). The number of methoxy groups -OCH3 is 1. The Labute approximate surface area is 157 Å². The molecule has 138 valence electrons. The first-order valence-corrected chi connectivity index (χ1v) is 10.0. The van der Waals surface area contributed by atoms with Gasteiger partial charge in [-0.15, -0.1) is 0 Å². The number of amides is 1. The van der Waals surface area contributed by atoms with Crippen molar-refractivity contribution in [2.45, 2.75) is 24.2 Å². The van der Waals surface area contributed by atoms with Crippen molar-refractivity contribution in [1.82, 2.24) is 0 Å². The van der Waals surface area contributed by atoms with E-state index < -0.39 is 10.0 Å². The second-order valence-electron chi connectivity index (χ2n) is 6.06. The van der Waals surface area contributed by atoms with Crippen LogP contribution >= 0.6 is 11.6 Å². The fourth-order valence-corrected chi connectivity index (χ4v) is 3.95.